The van der Waals surface area contributed by atoms with Crippen molar-refractivity contribution in [1.29, 1.82) is 0 Å². The summed E-state index contributed by atoms with van der Waals surface area (Å²) in [6, 6.07) is 5.50. The molecule has 0 saturated carbocycles. The highest BCUT2D eigenvalue weighted by molar-refractivity contribution is 5.82. The number of rotatable bonds is 4. The first kappa shape index (κ1) is 16.2. The van der Waals surface area contributed by atoms with Gasteiger partial charge < -0.3 is 19.5 Å². The van der Waals surface area contributed by atoms with Crippen LogP contribution in [-0.2, 0) is 14.3 Å². The predicted molar refractivity (Wildman–Crippen MR) is 75.0 cm³/mol. The van der Waals surface area contributed by atoms with Crippen LogP contribution in [-0.4, -0.2) is 53.3 Å². The van der Waals surface area contributed by atoms with Gasteiger partial charge in [-0.25, -0.2) is 9.18 Å². The zero-order valence-electron chi connectivity index (χ0n) is 12.4. The summed E-state index contributed by atoms with van der Waals surface area (Å²) in [7, 11) is 0. The zero-order chi connectivity index (χ0) is 16.3. The van der Waals surface area contributed by atoms with Crippen molar-refractivity contribution in [3.63, 3.8) is 0 Å². The van der Waals surface area contributed by atoms with Gasteiger partial charge in [-0.05, 0) is 26.0 Å². The minimum atomic E-state index is -1.11. The van der Waals surface area contributed by atoms with E-state index in [4.69, 9.17) is 14.6 Å². The van der Waals surface area contributed by atoms with E-state index in [0.717, 1.165) is 0 Å². The summed E-state index contributed by atoms with van der Waals surface area (Å²) in [5.74, 6) is -1.67. The molecule has 1 aliphatic heterocycles. The Kier molecular flexibility index (Phi) is 4.97. The summed E-state index contributed by atoms with van der Waals surface area (Å²) >= 11 is 0. The molecule has 22 heavy (non-hydrogen) atoms. The highest BCUT2D eigenvalue weighted by Gasteiger charge is 2.34. The number of morpholine rings is 1. The predicted octanol–water partition coefficient (Wildman–Crippen LogP) is 1.29. The first-order valence-corrected chi connectivity index (χ1v) is 6.96. The average molecular weight is 311 g/mol. The van der Waals surface area contributed by atoms with Gasteiger partial charge in [-0.15, -0.1) is 0 Å². The highest BCUT2D eigenvalue weighted by atomic mass is 19.1. The van der Waals surface area contributed by atoms with Gasteiger partial charge in [0.2, 0.25) is 0 Å². The summed E-state index contributed by atoms with van der Waals surface area (Å²) in [5.41, 5.74) is 0. The Morgan fingerprint density at radius 3 is 2.82 bits per heavy atom. The Morgan fingerprint density at radius 1 is 1.45 bits per heavy atom. The van der Waals surface area contributed by atoms with Crippen molar-refractivity contribution in [2.75, 3.05) is 13.1 Å². The number of halogens is 1. The minimum absolute atomic E-state index is 0.0324. The van der Waals surface area contributed by atoms with Crippen LogP contribution in [0.25, 0.3) is 0 Å². The van der Waals surface area contributed by atoms with E-state index in [0.29, 0.717) is 6.54 Å². The molecule has 0 spiro atoms. The van der Waals surface area contributed by atoms with Gasteiger partial charge in [0.25, 0.3) is 5.91 Å². The molecule has 1 aromatic rings. The third-order valence-electron chi connectivity index (χ3n) is 3.30. The molecule has 1 heterocycles. The van der Waals surface area contributed by atoms with Gasteiger partial charge in [0.1, 0.15) is 11.6 Å². The highest BCUT2D eigenvalue weighted by Crippen LogP contribution is 2.17. The van der Waals surface area contributed by atoms with Crippen LogP contribution in [0.3, 0.4) is 0 Å². The topological polar surface area (TPSA) is 76.1 Å². The SMILES string of the molecule is CC(Oc1cccc(F)c1)C(=O)N1CC(C(=O)O)O[C@H](C)C1. The van der Waals surface area contributed by atoms with Crippen LogP contribution in [0.2, 0.25) is 0 Å². The number of hydrogen-bond donors (Lipinski definition) is 1. The van der Waals surface area contributed by atoms with E-state index < -0.39 is 24.0 Å². The van der Waals surface area contributed by atoms with Crippen LogP contribution in [0.4, 0.5) is 4.39 Å². The Balaban J connectivity index is 2.01. The maximum Gasteiger partial charge on any atom is 0.334 e. The van der Waals surface area contributed by atoms with Gasteiger partial charge >= 0.3 is 5.97 Å². The van der Waals surface area contributed by atoms with Crippen molar-refractivity contribution in [3.05, 3.63) is 30.1 Å². The van der Waals surface area contributed by atoms with Gasteiger partial charge in [-0.1, -0.05) is 6.07 Å². The number of nitrogens with zero attached hydrogens (tertiary/aromatic N) is 1. The normalized spacial score (nSPS) is 23.0. The van der Waals surface area contributed by atoms with E-state index in [-0.39, 0.29) is 24.3 Å². The van der Waals surface area contributed by atoms with Crippen molar-refractivity contribution in [2.45, 2.75) is 32.2 Å². The molecule has 0 bridgehead atoms. The summed E-state index contributed by atoms with van der Waals surface area (Å²) < 4.78 is 23.8. The van der Waals surface area contributed by atoms with Gasteiger partial charge in [-0.3, -0.25) is 4.79 Å². The van der Waals surface area contributed by atoms with Crippen LogP contribution in [0, 0.1) is 5.82 Å². The largest absolute Gasteiger partial charge is 0.481 e. The lowest BCUT2D eigenvalue weighted by atomic mass is 10.2. The monoisotopic (exact) mass is 311 g/mol. The molecular weight excluding hydrogens is 293 g/mol. The van der Waals surface area contributed by atoms with Crippen molar-refractivity contribution in [2.24, 2.45) is 0 Å². The molecule has 120 valence electrons. The Bertz CT molecular complexity index is 565. The Labute approximate surface area is 127 Å². The van der Waals surface area contributed by atoms with Crippen LogP contribution in [0.1, 0.15) is 13.8 Å². The summed E-state index contributed by atoms with van der Waals surface area (Å²) in [4.78, 5) is 24.8. The molecule has 0 aliphatic carbocycles. The van der Waals surface area contributed by atoms with E-state index in [1.54, 1.807) is 19.9 Å². The number of aliphatic carboxylic acids is 1. The zero-order valence-corrected chi connectivity index (χ0v) is 12.4. The number of amides is 1. The molecule has 7 heteroatoms. The molecule has 0 aromatic heterocycles. The molecule has 3 atom stereocenters. The van der Waals surface area contributed by atoms with Crippen molar-refractivity contribution < 1.29 is 28.6 Å². The molecular formula is C15H18FNO5. The summed E-state index contributed by atoms with van der Waals surface area (Å²) in [5, 5.41) is 9.02. The first-order valence-electron chi connectivity index (χ1n) is 6.96. The number of carbonyl (C=O) groups excluding carboxylic acids is 1. The molecule has 6 nitrogen and oxygen atoms in total. The van der Waals surface area contributed by atoms with Crippen LogP contribution >= 0.6 is 0 Å². The van der Waals surface area contributed by atoms with Crippen LogP contribution in [0.15, 0.2) is 24.3 Å². The Hall–Kier alpha value is -2.15. The fourth-order valence-corrected chi connectivity index (χ4v) is 2.32. The number of hydrogen-bond acceptors (Lipinski definition) is 4. The second-order valence-corrected chi connectivity index (χ2v) is 5.23. The second kappa shape index (κ2) is 6.74. The van der Waals surface area contributed by atoms with E-state index in [1.165, 1.54) is 23.1 Å². The molecule has 1 saturated heterocycles. The van der Waals surface area contributed by atoms with Gasteiger partial charge in [0.15, 0.2) is 12.2 Å². The van der Waals surface area contributed by atoms with Gasteiger partial charge in [0, 0.05) is 12.6 Å². The quantitative estimate of drug-likeness (QED) is 0.907. The summed E-state index contributed by atoms with van der Waals surface area (Å²) in [6.07, 6.45) is -2.27. The lowest BCUT2D eigenvalue weighted by molar-refractivity contribution is -0.168. The number of carboxylic acids is 1. The minimum Gasteiger partial charge on any atom is -0.481 e. The molecule has 2 unspecified atom stereocenters. The van der Waals surface area contributed by atoms with Crippen molar-refractivity contribution >= 4 is 11.9 Å². The molecule has 1 fully saturated rings. The number of ether oxygens (including phenoxy) is 2. The fraction of sp³-hybridized carbons (Fsp3) is 0.467. The molecule has 0 radical (unpaired) electrons. The van der Waals surface area contributed by atoms with Gasteiger partial charge in [0.05, 0.1) is 12.6 Å². The molecule has 1 aromatic carbocycles. The van der Waals surface area contributed by atoms with Gasteiger partial charge in [-0.2, -0.15) is 0 Å². The molecule has 1 N–H and O–H groups in total. The van der Waals surface area contributed by atoms with Crippen LogP contribution < -0.4 is 4.74 Å². The first-order chi connectivity index (χ1) is 10.4. The average Bonchev–Trinajstić information content (AvgIpc) is 2.45. The van der Waals surface area contributed by atoms with Crippen LogP contribution in [0.5, 0.6) is 5.75 Å². The van der Waals surface area contributed by atoms with Crippen molar-refractivity contribution in [1.82, 2.24) is 4.90 Å². The number of benzene rings is 1. The van der Waals surface area contributed by atoms with E-state index in [2.05, 4.69) is 0 Å². The van der Waals surface area contributed by atoms with E-state index in [9.17, 15) is 14.0 Å². The second-order valence-electron chi connectivity index (χ2n) is 5.23. The number of carbonyl (C=O) groups is 2. The van der Waals surface area contributed by atoms with E-state index in [1.807, 2.05) is 0 Å². The summed E-state index contributed by atoms with van der Waals surface area (Å²) in [6.45, 7) is 3.51. The third kappa shape index (κ3) is 3.94. The maximum atomic E-state index is 13.1. The van der Waals surface area contributed by atoms with Crippen molar-refractivity contribution in [3.8, 4) is 5.75 Å². The lowest BCUT2D eigenvalue weighted by Gasteiger charge is -2.36. The third-order valence-corrected chi connectivity index (χ3v) is 3.30. The Morgan fingerprint density at radius 2 is 2.18 bits per heavy atom. The smallest absolute Gasteiger partial charge is 0.334 e. The molecule has 1 aliphatic rings. The standard InChI is InChI=1S/C15H18FNO5/c1-9-7-17(8-13(21-9)15(19)20)14(18)10(2)22-12-5-3-4-11(16)6-12/h3-6,9-10,13H,7-8H2,1-2H3,(H,19,20)/t9-,10?,13?/m1/s1. The molecule has 2 rings (SSSR count). The number of carboxylic acid groups (broad SMARTS) is 1. The fourth-order valence-electron chi connectivity index (χ4n) is 2.32. The maximum absolute atomic E-state index is 13.1. The molecule has 1 amide bonds. The van der Waals surface area contributed by atoms with E-state index >= 15 is 0 Å². The lowest BCUT2D eigenvalue weighted by Crippen LogP contribution is -2.54.